The first kappa shape index (κ1) is 17.1. The third-order valence-corrected chi connectivity index (χ3v) is 3.42. The Bertz CT molecular complexity index is 755. The van der Waals surface area contributed by atoms with Crippen molar-refractivity contribution in [1.82, 2.24) is 0 Å². The van der Waals surface area contributed by atoms with E-state index in [0.29, 0.717) is 10.0 Å². The average Bonchev–Trinajstić information content (AvgIpc) is 2.54. The van der Waals surface area contributed by atoms with E-state index in [-0.39, 0.29) is 11.5 Å². The Kier molecular flexibility index (Phi) is 6.21. The Morgan fingerprint density at radius 3 is 1.70 bits per heavy atom. The molecule has 2 aromatic carbocycles. The average molecular weight is 345 g/mol. The number of carbonyl (C=O) groups excluding carboxylic acids is 1. The fraction of sp³-hybridized carbons (Fsp3) is 0. The highest BCUT2D eigenvalue weighted by molar-refractivity contribution is 6.30. The lowest BCUT2D eigenvalue weighted by atomic mass is 10.2. The minimum atomic E-state index is -0.307. The van der Waals surface area contributed by atoms with E-state index in [0.717, 1.165) is 17.2 Å². The van der Waals surface area contributed by atoms with Gasteiger partial charge in [0.2, 0.25) is 0 Å². The van der Waals surface area contributed by atoms with Crippen LogP contribution in [0.1, 0.15) is 11.1 Å². The maximum atomic E-state index is 11.7. The van der Waals surface area contributed by atoms with Gasteiger partial charge in [-0.25, -0.2) is 0 Å². The molecule has 0 radical (unpaired) electrons. The molecule has 0 saturated heterocycles. The number of ketones is 1. The van der Waals surface area contributed by atoms with Crippen molar-refractivity contribution in [3.63, 3.8) is 0 Å². The molecule has 0 aliphatic heterocycles. The van der Waals surface area contributed by atoms with E-state index < -0.39 is 0 Å². The maximum Gasteiger partial charge on any atom is 0.182 e. The van der Waals surface area contributed by atoms with Crippen LogP contribution in [0.4, 0.5) is 0 Å². The second kappa shape index (κ2) is 8.37. The fourth-order valence-corrected chi connectivity index (χ4v) is 2.00. The third-order valence-electron chi connectivity index (χ3n) is 2.92. The van der Waals surface area contributed by atoms with Crippen LogP contribution < -0.4 is 0 Å². The third kappa shape index (κ3) is 6.15. The lowest BCUT2D eigenvalue weighted by Crippen LogP contribution is -1.88. The van der Waals surface area contributed by atoms with Gasteiger partial charge in [0.1, 0.15) is 5.76 Å². The molecule has 0 heterocycles. The van der Waals surface area contributed by atoms with Gasteiger partial charge in [0.15, 0.2) is 5.78 Å². The summed E-state index contributed by atoms with van der Waals surface area (Å²) in [6, 6.07) is 14.2. The van der Waals surface area contributed by atoms with Crippen molar-refractivity contribution in [2.75, 3.05) is 0 Å². The lowest BCUT2D eigenvalue weighted by molar-refractivity contribution is -0.110. The summed E-state index contributed by atoms with van der Waals surface area (Å²) in [5.41, 5.74) is 1.73. The number of carbonyl (C=O) groups is 1. The molecule has 4 heteroatoms. The van der Waals surface area contributed by atoms with Crippen LogP contribution >= 0.6 is 23.2 Å². The predicted molar refractivity (Wildman–Crippen MR) is 96.7 cm³/mol. The van der Waals surface area contributed by atoms with Crippen LogP contribution in [0.5, 0.6) is 0 Å². The van der Waals surface area contributed by atoms with E-state index in [4.69, 9.17) is 23.2 Å². The normalized spacial score (nSPS) is 12.2. The van der Waals surface area contributed by atoms with Gasteiger partial charge in [-0.1, -0.05) is 59.6 Å². The zero-order chi connectivity index (χ0) is 16.7. The first-order valence-electron chi connectivity index (χ1n) is 6.85. The smallest absolute Gasteiger partial charge is 0.182 e. The van der Waals surface area contributed by atoms with Crippen molar-refractivity contribution in [3.8, 4) is 0 Å². The Hall–Kier alpha value is -2.29. The van der Waals surface area contributed by atoms with Gasteiger partial charge in [-0.15, -0.1) is 0 Å². The summed E-state index contributed by atoms with van der Waals surface area (Å²) in [4.78, 5) is 11.7. The van der Waals surface area contributed by atoms with Crippen molar-refractivity contribution in [2.45, 2.75) is 0 Å². The number of halogens is 2. The Morgan fingerprint density at radius 1 is 0.783 bits per heavy atom. The van der Waals surface area contributed by atoms with E-state index in [2.05, 4.69) is 0 Å². The molecule has 0 atom stereocenters. The second-order valence-electron chi connectivity index (χ2n) is 4.74. The molecule has 0 amide bonds. The van der Waals surface area contributed by atoms with Crippen molar-refractivity contribution >= 4 is 41.1 Å². The molecule has 0 spiro atoms. The summed E-state index contributed by atoms with van der Waals surface area (Å²) < 4.78 is 0. The number of aliphatic hydroxyl groups is 1. The van der Waals surface area contributed by atoms with E-state index >= 15 is 0 Å². The molecule has 1 N–H and O–H groups in total. The molecule has 0 fully saturated rings. The van der Waals surface area contributed by atoms with Crippen LogP contribution in [-0.2, 0) is 4.79 Å². The van der Waals surface area contributed by atoms with Crippen LogP contribution in [-0.4, -0.2) is 10.9 Å². The summed E-state index contributed by atoms with van der Waals surface area (Å²) in [5, 5.41) is 11.0. The van der Waals surface area contributed by atoms with E-state index in [1.807, 2.05) is 12.1 Å². The topological polar surface area (TPSA) is 37.3 Å². The van der Waals surface area contributed by atoms with Crippen molar-refractivity contribution in [2.24, 2.45) is 0 Å². The van der Waals surface area contributed by atoms with E-state index in [9.17, 15) is 9.90 Å². The molecule has 116 valence electrons. The molecule has 0 saturated carbocycles. The molecule has 23 heavy (non-hydrogen) atoms. The number of aliphatic hydroxyl groups excluding tert-OH is 1. The van der Waals surface area contributed by atoms with Gasteiger partial charge in [-0.2, -0.15) is 0 Å². The van der Waals surface area contributed by atoms with Crippen LogP contribution in [0, 0.1) is 0 Å². The molecule has 2 rings (SSSR count). The predicted octanol–water partition coefficient (Wildman–Crippen LogP) is 5.73. The molecular weight excluding hydrogens is 331 g/mol. The monoisotopic (exact) mass is 344 g/mol. The molecule has 0 aromatic heterocycles. The highest BCUT2D eigenvalue weighted by Crippen LogP contribution is 2.12. The van der Waals surface area contributed by atoms with Gasteiger partial charge in [-0.05, 0) is 47.5 Å². The first-order valence-corrected chi connectivity index (χ1v) is 7.60. The maximum absolute atomic E-state index is 11.7. The van der Waals surface area contributed by atoms with Gasteiger partial charge < -0.3 is 5.11 Å². The largest absolute Gasteiger partial charge is 0.508 e. The van der Waals surface area contributed by atoms with E-state index in [1.165, 1.54) is 12.2 Å². The van der Waals surface area contributed by atoms with E-state index in [1.54, 1.807) is 48.6 Å². The van der Waals surface area contributed by atoms with Crippen molar-refractivity contribution < 1.29 is 9.90 Å². The molecular formula is C19H14Cl2O2. The molecule has 0 unspecified atom stereocenters. The Morgan fingerprint density at radius 2 is 1.22 bits per heavy atom. The molecule has 2 nitrogen and oxygen atoms in total. The highest BCUT2D eigenvalue weighted by atomic mass is 35.5. The number of rotatable bonds is 5. The summed E-state index contributed by atoms with van der Waals surface area (Å²) in [6.07, 6.45) is 7.34. The Labute approximate surface area is 145 Å². The van der Waals surface area contributed by atoms with Crippen molar-refractivity contribution in [1.29, 1.82) is 0 Å². The van der Waals surface area contributed by atoms with Gasteiger partial charge in [0, 0.05) is 16.1 Å². The molecule has 0 aliphatic carbocycles. The second-order valence-corrected chi connectivity index (χ2v) is 5.61. The van der Waals surface area contributed by atoms with Gasteiger partial charge >= 0.3 is 0 Å². The summed E-state index contributed by atoms with van der Waals surface area (Å²) >= 11 is 11.6. The summed E-state index contributed by atoms with van der Waals surface area (Å²) in [6.45, 7) is 0. The quantitative estimate of drug-likeness (QED) is 0.427. The number of hydrogen-bond acceptors (Lipinski definition) is 2. The molecule has 2 aromatic rings. The van der Waals surface area contributed by atoms with Crippen LogP contribution in [0.15, 0.2) is 72.5 Å². The molecule has 0 aliphatic rings. The standard InChI is InChI=1S/C19H14Cl2O2/c20-16-7-1-14(2-8-16)5-11-18(22)13-19(23)12-6-15-3-9-17(21)10-4-15/h1-13,22H/b11-5+,12-6+,18-13-. The van der Waals surface area contributed by atoms with Gasteiger partial charge in [-0.3, -0.25) is 4.79 Å². The Balaban J connectivity index is 1.98. The zero-order valence-corrected chi connectivity index (χ0v) is 13.6. The van der Waals surface area contributed by atoms with Crippen LogP contribution in [0.25, 0.3) is 12.2 Å². The number of benzene rings is 2. The molecule has 0 bridgehead atoms. The first-order chi connectivity index (χ1) is 11.0. The number of allylic oxidation sites excluding steroid dienone is 3. The highest BCUT2D eigenvalue weighted by Gasteiger charge is 1.95. The van der Waals surface area contributed by atoms with Crippen LogP contribution in [0.2, 0.25) is 10.0 Å². The zero-order valence-electron chi connectivity index (χ0n) is 12.1. The van der Waals surface area contributed by atoms with Crippen LogP contribution in [0.3, 0.4) is 0 Å². The fourth-order valence-electron chi connectivity index (χ4n) is 1.75. The van der Waals surface area contributed by atoms with Gasteiger partial charge in [0.25, 0.3) is 0 Å². The van der Waals surface area contributed by atoms with Crippen molar-refractivity contribution in [3.05, 3.63) is 93.7 Å². The number of hydrogen-bond donors (Lipinski definition) is 1. The minimum Gasteiger partial charge on any atom is -0.508 e. The minimum absolute atomic E-state index is 0.120. The SMILES string of the molecule is O=C(/C=C(O)/C=C/c1ccc(Cl)cc1)/C=C/c1ccc(Cl)cc1. The summed E-state index contributed by atoms with van der Waals surface area (Å²) in [7, 11) is 0. The lowest BCUT2D eigenvalue weighted by Gasteiger charge is -1.94. The summed E-state index contributed by atoms with van der Waals surface area (Å²) in [5.74, 6) is -0.427. The van der Waals surface area contributed by atoms with Gasteiger partial charge in [0.05, 0.1) is 0 Å².